The zero-order valence-corrected chi connectivity index (χ0v) is 20.2. The fourth-order valence-electron chi connectivity index (χ4n) is 4.26. The number of nitrogens with one attached hydrogen (secondary N) is 1. The first-order valence-electron chi connectivity index (χ1n) is 11.3. The van der Waals surface area contributed by atoms with Crippen molar-refractivity contribution in [3.05, 3.63) is 77.9 Å². The summed E-state index contributed by atoms with van der Waals surface area (Å²) in [6.45, 7) is 5.76. The third-order valence-corrected chi connectivity index (χ3v) is 6.35. The van der Waals surface area contributed by atoms with E-state index >= 15 is 0 Å². The van der Waals surface area contributed by atoms with Crippen LogP contribution in [0.3, 0.4) is 0 Å². The Bertz CT molecular complexity index is 1570. The lowest BCUT2D eigenvalue weighted by molar-refractivity contribution is 0.548. The number of hydrogen-bond acceptors (Lipinski definition) is 6. The summed E-state index contributed by atoms with van der Waals surface area (Å²) in [5, 5.41) is 2.75. The van der Waals surface area contributed by atoms with E-state index in [4.69, 9.17) is 18.9 Å². The van der Waals surface area contributed by atoms with Crippen molar-refractivity contribution >= 4 is 44.5 Å². The second-order valence-electron chi connectivity index (χ2n) is 8.16. The van der Waals surface area contributed by atoms with E-state index in [9.17, 15) is 4.21 Å². The highest BCUT2D eigenvalue weighted by atomic mass is 32.2. The van der Waals surface area contributed by atoms with E-state index in [-0.39, 0.29) is 0 Å². The normalized spacial score (nSPS) is 13.1. The van der Waals surface area contributed by atoms with Gasteiger partial charge in [-0.1, -0.05) is 24.3 Å². The molecule has 0 saturated carbocycles. The summed E-state index contributed by atoms with van der Waals surface area (Å²) in [5.74, 6) is 0.649. The molecule has 0 saturated heterocycles. The molecular formula is C26H25N5O3S. The standard InChI is InChI=1S/C26H25N5O3S/c1-3-31(12-11-28-35(32)33)19-13-17(2)25-23(14-19)34-24-15-22(29-18-7-6-10-27-16-18)20-8-4-5-9-21(20)26(24)30-25/h4-10,13-16,28H,3,11-12H2,1-2H3,(H,32,33)/b29-22-. The Morgan fingerprint density at radius 2 is 1.97 bits per heavy atom. The first-order chi connectivity index (χ1) is 17.0. The molecule has 1 aliphatic carbocycles. The minimum absolute atomic E-state index is 0.381. The highest BCUT2D eigenvalue weighted by Gasteiger charge is 2.17. The van der Waals surface area contributed by atoms with Crippen LogP contribution in [0.15, 0.2) is 76.4 Å². The quantitative estimate of drug-likeness (QED) is 0.198. The molecule has 9 heteroatoms. The van der Waals surface area contributed by atoms with Crippen LogP contribution in [0, 0.1) is 6.92 Å². The van der Waals surface area contributed by atoms with Gasteiger partial charge in [0.15, 0.2) is 11.3 Å². The van der Waals surface area contributed by atoms with Crippen molar-refractivity contribution in [1.29, 1.82) is 0 Å². The molecule has 3 aromatic rings. The van der Waals surface area contributed by atoms with Gasteiger partial charge in [0.2, 0.25) is 11.3 Å². The summed E-state index contributed by atoms with van der Waals surface area (Å²) in [4.78, 5) is 16.1. The van der Waals surface area contributed by atoms with Crippen LogP contribution in [0.2, 0.25) is 0 Å². The Balaban J connectivity index is 1.68. The molecule has 5 rings (SSSR count). The van der Waals surface area contributed by atoms with Gasteiger partial charge in [-0.15, -0.1) is 0 Å². The summed E-state index contributed by atoms with van der Waals surface area (Å²) in [7, 11) is 0. The van der Waals surface area contributed by atoms with Crippen molar-refractivity contribution < 1.29 is 13.2 Å². The average molecular weight is 488 g/mol. The van der Waals surface area contributed by atoms with Crippen molar-refractivity contribution in [1.82, 2.24) is 14.7 Å². The number of aromatic nitrogens is 2. The number of pyridine rings is 1. The Kier molecular flexibility index (Phi) is 6.54. The Morgan fingerprint density at radius 1 is 1.14 bits per heavy atom. The zero-order valence-electron chi connectivity index (χ0n) is 19.4. The lowest BCUT2D eigenvalue weighted by atomic mass is 10.0. The number of benzene rings is 3. The Labute approximate surface area is 205 Å². The highest BCUT2D eigenvalue weighted by Crippen LogP contribution is 2.33. The summed E-state index contributed by atoms with van der Waals surface area (Å²) >= 11 is -2.03. The van der Waals surface area contributed by atoms with Crippen LogP contribution >= 0.6 is 0 Å². The van der Waals surface area contributed by atoms with E-state index in [2.05, 4.69) is 20.7 Å². The maximum Gasteiger partial charge on any atom is 0.231 e. The van der Waals surface area contributed by atoms with Crippen LogP contribution in [0.1, 0.15) is 12.5 Å². The largest absolute Gasteiger partial charge is 0.453 e. The maximum atomic E-state index is 10.9. The molecule has 8 nitrogen and oxygen atoms in total. The lowest BCUT2D eigenvalue weighted by Gasteiger charge is -2.24. The van der Waals surface area contributed by atoms with Gasteiger partial charge in [0.1, 0.15) is 11.2 Å². The molecule has 0 radical (unpaired) electrons. The third kappa shape index (κ3) is 4.79. The van der Waals surface area contributed by atoms with Gasteiger partial charge in [0, 0.05) is 54.4 Å². The summed E-state index contributed by atoms with van der Waals surface area (Å²) < 4.78 is 28.9. The number of rotatable bonds is 7. The van der Waals surface area contributed by atoms with E-state index in [1.807, 2.05) is 62.4 Å². The predicted molar refractivity (Wildman–Crippen MR) is 139 cm³/mol. The molecule has 1 aliphatic heterocycles. The molecule has 2 aromatic carbocycles. The minimum Gasteiger partial charge on any atom is -0.453 e. The van der Waals surface area contributed by atoms with Crippen LogP contribution in [0.5, 0.6) is 0 Å². The first-order valence-corrected chi connectivity index (χ1v) is 12.4. The number of likely N-dealkylation sites (N-methyl/N-ethyl adjacent to an activating group) is 1. The smallest absolute Gasteiger partial charge is 0.231 e. The van der Waals surface area contributed by atoms with E-state index in [0.29, 0.717) is 24.4 Å². The summed E-state index contributed by atoms with van der Waals surface area (Å²) in [6, 6.07) is 17.8. The molecule has 1 atom stereocenters. The van der Waals surface area contributed by atoms with Crippen molar-refractivity contribution in [3.8, 4) is 11.5 Å². The van der Waals surface area contributed by atoms with Gasteiger partial charge >= 0.3 is 0 Å². The lowest BCUT2D eigenvalue weighted by Crippen LogP contribution is -2.32. The number of fused-ring (bicyclic) bond motifs is 4. The molecule has 0 amide bonds. The minimum atomic E-state index is -2.03. The number of aryl methyl sites for hydroxylation is 1. The SMILES string of the molecule is CCN(CCNS(=O)O)c1cc(C)c2nc3c4ccccc4/c(=N\c4cccnc4)cc-3oc2c1. The summed E-state index contributed by atoms with van der Waals surface area (Å²) in [6.07, 6.45) is 3.45. The van der Waals surface area contributed by atoms with E-state index in [1.54, 1.807) is 12.4 Å². The van der Waals surface area contributed by atoms with Gasteiger partial charge < -0.3 is 9.32 Å². The Hall–Kier alpha value is -3.66. The van der Waals surface area contributed by atoms with Crippen LogP contribution in [0.25, 0.3) is 33.3 Å². The molecule has 0 fully saturated rings. The molecule has 0 spiro atoms. The fraction of sp³-hybridized carbons (Fsp3) is 0.192. The fourth-order valence-corrected chi connectivity index (χ4v) is 4.53. The molecule has 1 aromatic heterocycles. The monoisotopic (exact) mass is 487 g/mol. The van der Waals surface area contributed by atoms with Gasteiger partial charge in [0.05, 0.1) is 17.2 Å². The zero-order chi connectivity index (χ0) is 24.4. The van der Waals surface area contributed by atoms with E-state index < -0.39 is 11.3 Å². The van der Waals surface area contributed by atoms with Gasteiger partial charge in [-0.25, -0.2) is 18.9 Å². The Morgan fingerprint density at radius 3 is 2.71 bits per heavy atom. The second kappa shape index (κ2) is 9.91. The first kappa shape index (κ1) is 23.1. The number of hydrogen-bond donors (Lipinski definition) is 2. The maximum absolute atomic E-state index is 10.9. The third-order valence-electron chi connectivity index (χ3n) is 5.90. The van der Waals surface area contributed by atoms with E-state index in [0.717, 1.165) is 50.8 Å². The van der Waals surface area contributed by atoms with E-state index in [1.165, 1.54) is 0 Å². The van der Waals surface area contributed by atoms with Gasteiger partial charge in [-0.3, -0.25) is 9.54 Å². The molecule has 2 heterocycles. The highest BCUT2D eigenvalue weighted by molar-refractivity contribution is 7.77. The molecule has 35 heavy (non-hydrogen) atoms. The predicted octanol–water partition coefficient (Wildman–Crippen LogP) is 4.57. The number of nitrogens with zero attached hydrogens (tertiary/aromatic N) is 4. The van der Waals surface area contributed by atoms with Crippen molar-refractivity contribution in [2.24, 2.45) is 4.99 Å². The van der Waals surface area contributed by atoms with Crippen LogP contribution in [-0.2, 0) is 11.3 Å². The van der Waals surface area contributed by atoms with Gasteiger partial charge in [-0.2, -0.15) is 0 Å². The van der Waals surface area contributed by atoms with Crippen molar-refractivity contribution in [2.75, 3.05) is 24.5 Å². The van der Waals surface area contributed by atoms with Crippen molar-refractivity contribution in [3.63, 3.8) is 0 Å². The van der Waals surface area contributed by atoms with Crippen LogP contribution in [-0.4, -0.2) is 38.4 Å². The van der Waals surface area contributed by atoms with Crippen molar-refractivity contribution in [2.45, 2.75) is 13.8 Å². The van der Waals surface area contributed by atoms with Crippen LogP contribution in [0.4, 0.5) is 11.4 Å². The summed E-state index contributed by atoms with van der Waals surface area (Å²) in [5.41, 5.74) is 4.99. The number of anilines is 1. The average Bonchev–Trinajstić information content (AvgIpc) is 2.86. The second-order valence-corrected chi connectivity index (χ2v) is 8.94. The molecule has 2 N–H and O–H groups in total. The topological polar surface area (TPSA) is 104 Å². The molecule has 1 unspecified atom stereocenters. The molecule has 178 valence electrons. The van der Waals surface area contributed by atoms with Gasteiger partial charge in [-0.05, 0) is 37.6 Å². The molecular weight excluding hydrogens is 462 g/mol. The molecule has 0 bridgehead atoms. The van der Waals surface area contributed by atoms with Gasteiger partial charge in [0.25, 0.3) is 0 Å². The molecule has 2 aliphatic rings. The van der Waals surface area contributed by atoms with Crippen LogP contribution < -0.4 is 15.0 Å².